The number of carbonyl (C=O) groups excluding carboxylic acids is 2. The Morgan fingerprint density at radius 1 is 0.971 bits per heavy atom. The number of anilines is 1. The molecule has 8 heteroatoms. The van der Waals surface area contributed by atoms with Gasteiger partial charge in [0.25, 0.3) is 5.91 Å². The van der Waals surface area contributed by atoms with Crippen molar-refractivity contribution in [3.63, 3.8) is 0 Å². The summed E-state index contributed by atoms with van der Waals surface area (Å²) >= 11 is 0. The van der Waals surface area contributed by atoms with E-state index in [0.29, 0.717) is 11.6 Å². The molecule has 0 saturated carbocycles. The molecule has 0 atom stereocenters. The van der Waals surface area contributed by atoms with Crippen molar-refractivity contribution in [2.24, 2.45) is 0 Å². The van der Waals surface area contributed by atoms with Gasteiger partial charge in [0, 0.05) is 36.7 Å². The van der Waals surface area contributed by atoms with Gasteiger partial charge in [0.2, 0.25) is 11.9 Å². The Balaban J connectivity index is 1.58. The van der Waals surface area contributed by atoms with E-state index in [1.807, 2.05) is 66.9 Å². The number of hydrogen-bond donors (Lipinski definition) is 1. The number of benzene rings is 3. The van der Waals surface area contributed by atoms with Crippen molar-refractivity contribution in [3.8, 4) is 16.9 Å². The summed E-state index contributed by atoms with van der Waals surface area (Å²) in [6.45, 7) is 0.224. The number of nitrogens with zero attached hydrogens (tertiary/aromatic N) is 3. The predicted molar refractivity (Wildman–Crippen MR) is 132 cm³/mol. The number of amides is 2. The Morgan fingerprint density at radius 3 is 2.29 bits per heavy atom. The van der Waals surface area contributed by atoms with E-state index in [0.717, 1.165) is 11.3 Å². The molecule has 4 rings (SSSR count). The van der Waals surface area contributed by atoms with E-state index < -0.39 is 17.6 Å². The van der Waals surface area contributed by atoms with Crippen LogP contribution in [0.1, 0.15) is 10.4 Å². The van der Waals surface area contributed by atoms with Gasteiger partial charge < -0.3 is 9.64 Å². The number of nitrogens with one attached hydrogen (secondary N) is 1. The van der Waals surface area contributed by atoms with Crippen molar-refractivity contribution < 1.29 is 18.7 Å². The molecule has 7 nitrogen and oxygen atoms in total. The Hall–Kier alpha value is -4.30. The normalized spacial score (nSPS) is 10.7. The highest BCUT2D eigenvalue weighted by Gasteiger charge is 2.21. The lowest BCUT2D eigenvalue weighted by molar-refractivity contribution is -0.117. The van der Waals surface area contributed by atoms with E-state index >= 15 is 0 Å². The minimum atomic E-state index is -0.440. The second-order valence-corrected chi connectivity index (χ2v) is 7.80. The first-order valence-electron chi connectivity index (χ1n) is 11.1. The van der Waals surface area contributed by atoms with E-state index in [-0.39, 0.29) is 25.3 Å². The number of ether oxygens (including phenoxy) is 1. The minimum absolute atomic E-state index is 0.197. The SMILES string of the molecule is COCCN(CC(=O)Nc1nc(-c2ccccc2)cn1-c1ccccc1)C(=O)c1ccc(F)cc1. The first-order valence-corrected chi connectivity index (χ1v) is 11.1. The molecule has 3 aromatic carbocycles. The van der Waals surface area contributed by atoms with Crippen molar-refractivity contribution in [2.75, 3.05) is 32.1 Å². The van der Waals surface area contributed by atoms with Crippen LogP contribution in [0.5, 0.6) is 0 Å². The molecule has 0 aliphatic rings. The number of hydrogen-bond acceptors (Lipinski definition) is 4. The van der Waals surface area contributed by atoms with Crippen molar-refractivity contribution in [3.05, 3.63) is 103 Å². The summed E-state index contributed by atoms with van der Waals surface area (Å²) in [6, 6.07) is 24.4. The highest BCUT2D eigenvalue weighted by Crippen LogP contribution is 2.24. The molecule has 2 amide bonds. The fraction of sp³-hybridized carbons (Fsp3) is 0.148. The van der Waals surface area contributed by atoms with Crippen molar-refractivity contribution in [2.45, 2.75) is 0 Å². The molecule has 0 fully saturated rings. The van der Waals surface area contributed by atoms with Gasteiger partial charge in [-0.3, -0.25) is 19.5 Å². The summed E-state index contributed by atoms with van der Waals surface area (Å²) in [5.74, 6) is -0.918. The van der Waals surface area contributed by atoms with Crippen LogP contribution in [-0.2, 0) is 9.53 Å². The maximum absolute atomic E-state index is 13.3. The molecule has 4 aromatic rings. The molecule has 0 unspecified atom stereocenters. The highest BCUT2D eigenvalue weighted by molar-refractivity contribution is 5.99. The largest absolute Gasteiger partial charge is 0.383 e. The van der Waals surface area contributed by atoms with Gasteiger partial charge in [-0.25, -0.2) is 9.37 Å². The quantitative estimate of drug-likeness (QED) is 0.392. The van der Waals surface area contributed by atoms with E-state index in [1.54, 1.807) is 4.57 Å². The summed E-state index contributed by atoms with van der Waals surface area (Å²) in [5, 5.41) is 2.84. The molecule has 0 aliphatic heterocycles. The first-order chi connectivity index (χ1) is 17.0. The zero-order valence-corrected chi connectivity index (χ0v) is 19.2. The van der Waals surface area contributed by atoms with Crippen LogP contribution in [0.15, 0.2) is 91.1 Å². The van der Waals surface area contributed by atoms with E-state index in [2.05, 4.69) is 10.3 Å². The van der Waals surface area contributed by atoms with Gasteiger partial charge in [0.1, 0.15) is 12.4 Å². The predicted octanol–water partition coefficient (Wildman–Crippen LogP) is 4.41. The molecule has 178 valence electrons. The third-order valence-corrected chi connectivity index (χ3v) is 5.34. The van der Waals surface area contributed by atoms with Crippen LogP contribution in [0, 0.1) is 5.82 Å². The molecule has 1 heterocycles. The fourth-order valence-electron chi connectivity index (χ4n) is 3.57. The van der Waals surface area contributed by atoms with Crippen LogP contribution in [0.3, 0.4) is 0 Å². The summed E-state index contributed by atoms with van der Waals surface area (Å²) in [7, 11) is 1.52. The molecule has 0 saturated heterocycles. The molecule has 35 heavy (non-hydrogen) atoms. The Bertz CT molecular complexity index is 1280. The molecular formula is C27H25FN4O3. The molecular weight excluding hydrogens is 447 g/mol. The van der Waals surface area contributed by atoms with Crippen molar-refractivity contribution in [1.82, 2.24) is 14.5 Å². The zero-order chi connectivity index (χ0) is 24.6. The van der Waals surface area contributed by atoms with E-state index in [9.17, 15) is 14.0 Å². The number of methoxy groups -OCH3 is 1. The van der Waals surface area contributed by atoms with Crippen LogP contribution in [0.4, 0.5) is 10.3 Å². The third-order valence-electron chi connectivity index (χ3n) is 5.34. The first kappa shape index (κ1) is 23.8. The smallest absolute Gasteiger partial charge is 0.254 e. The minimum Gasteiger partial charge on any atom is -0.383 e. The summed E-state index contributed by atoms with van der Waals surface area (Å²) in [4.78, 5) is 32.0. The van der Waals surface area contributed by atoms with Gasteiger partial charge in [0.15, 0.2) is 0 Å². The van der Waals surface area contributed by atoms with Gasteiger partial charge in [-0.15, -0.1) is 0 Å². The Kier molecular flexibility index (Phi) is 7.64. The average Bonchev–Trinajstić information content (AvgIpc) is 3.31. The lowest BCUT2D eigenvalue weighted by Crippen LogP contribution is -2.40. The van der Waals surface area contributed by atoms with Crippen LogP contribution < -0.4 is 5.32 Å². The lowest BCUT2D eigenvalue weighted by atomic mass is 10.2. The zero-order valence-electron chi connectivity index (χ0n) is 19.2. The number of imidazole rings is 1. The molecule has 1 N–H and O–H groups in total. The summed E-state index contributed by atoms with van der Waals surface area (Å²) in [6.07, 6.45) is 1.85. The lowest BCUT2D eigenvalue weighted by Gasteiger charge is -2.22. The monoisotopic (exact) mass is 472 g/mol. The molecule has 0 radical (unpaired) electrons. The fourth-order valence-corrected chi connectivity index (χ4v) is 3.57. The maximum atomic E-state index is 13.3. The van der Waals surface area contributed by atoms with Crippen LogP contribution in [-0.4, -0.2) is 53.1 Å². The summed E-state index contributed by atoms with van der Waals surface area (Å²) < 4.78 is 20.2. The Morgan fingerprint density at radius 2 is 1.63 bits per heavy atom. The maximum Gasteiger partial charge on any atom is 0.254 e. The number of aromatic nitrogens is 2. The molecule has 0 bridgehead atoms. The molecule has 0 spiro atoms. The van der Waals surface area contributed by atoms with Crippen LogP contribution in [0.2, 0.25) is 0 Å². The molecule has 1 aromatic heterocycles. The standard InChI is InChI=1S/C27H25FN4O3/c1-35-17-16-31(26(34)21-12-14-22(28)15-13-21)19-25(33)30-27-29-24(20-8-4-2-5-9-20)18-32(27)23-10-6-3-7-11-23/h2-15,18H,16-17,19H2,1H3,(H,29,30,33). The second kappa shape index (κ2) is 11.2. The van der Waals surface area contributed by atoms with Crippen molar-refractivity contribution in [1.29, 1.82) is 0 Å². The Labute approximate surface area is 202 Å². The summed E-state index contributed by atoms with van der Waals surface area (Å²) in [5.41, 5.74) is 2.72. The number of halogens is 1. The highest BCUT2D eigenvalue weighted by atomic mass is 19.1. The van der Waals surface area contributed by atoms with E-state index in [4.69, 9.17) is 4.74 Å². The number of para-hydroxylation sites is 1. The van der Waals surface area contributed by atoms with Gasteiger partial charge in [-0.05, 0) is 36.4 Å². The molecule has 0 aliphatic carbocycles. The number of carbonyl (C=O) groups is 2. The van der Waals surface area contributed by atoms with Gasteiger partial charge >= 0.3 is 0 Å². The second-order valence-electron chi connectivity index (χ2n) is 7.80. The van der Waals surface area contributed by atoms with E-state index in [1.165, 1.54) is 36.3 Å². The van der Waals surface area contributed by atoms with Gasteiger partial charge in [-0.2, -0.15) is 0 Å². The van der Waals surface area contributed by atoms with Gasteiger partial charge in [0.05, 0.1) is 12.3 Å². The van der Waals surface area contributed by atoms with Crippen LogP contribution in [0.25, 0.3) is 16.9 Å². The van der Waals surface area contributed by atoms with Crippen molar-refractivity contribution >= 4 is 17.8 Å². The van der Waals surface area contributed by atoms with Crippen LogP contribution >= 0.6 is 0 Å². The average molecular weight is 473 g/mol. The van der Waals surface area contributed by atoms with Gasteiger partial charge in [-0.1, -0.05) is 48.5 Å². The third kappa shape index (κ3) is 5.99. The number of rotatable bonds is 9. The topological polar surface area (TPSA) is 76.5 Å².